The number of hydrogen-bond donors (Lipinski definition) is 3. The van der Waals surface area contributed by atoms with Gasteiger partial charge in [0.15, 0.2) is 6.10 Å². The number of nitrogens with two attached hydrogens (primary N) is 1. The Hall–Kier alpha value is -1.71. The first-order valence-electron chi connectivity index (χ1n) is 20.9. The highest BCUT2D eigenvalue weighted by Crippen LogP contribution is 2.43. The molecule has 0 heterocycles. The van der Waals surface area contributed by atoms with Gasteiger partial charge < -0.3 is 25.2 Å². The second-order valence-corrected chi connectivity index (χ2v) is 15.6. The van der Waals surface area contributed by atoms with E-state index in [1.165, 1.54) is 122 Å². The fraction of sp³-hybridized carbons (Fsp3) is 0.854. The fourth-order valence-electron chi connectivity index (χ4n) is 5.74. The third-order valence-corrected chi connectivity index (χ3v) is 10.00. The van der Waals surface area contributed by atoms with E-state index in [0.29, 0.717) is 6.42 Å². The molecule has 0 fully saturated rings. The van der Waals surface area contributed by atoms with Crippen LogP contribution >= 0.6 is 7.82 Å². The van der Waals surface area contributed by atoms with Crippen molar-refractivity contribution in [3.05, 3.63) is 24.5 Å². The molecule has 11 heteroatoms. The summed E-state index contributed by atoms with van der Waals surface area (Å²) < 4.78 is 33.0. The Morgan fingerprint density at radius 1 is 0.596 bits per heavy atom. The SMILES string of the molecule is CCCCCCCCC/C=C\CCCCCCCC(=O)O[C@H](CO/C=C\CCCCCCCCCCCCCC)COP(=O)(O)OC[C@H](N)C(=O)O. The van der Waals surface area contributed by atoms with E-state index < -0.39 is 45.1 Å². The fourth-order valence-corrected chi connectivity index (χ4v) is 6.52. The number of phosphoric acid groups is 1. The predicted molar refractivity (Wildman–Crippen MR) is 212 cm³/mol. The van der Waals surface area contributed by atoms with Crippen LogP contribution in [0.4, 0.5) is 0 Å². The van der Waals surface area contributed by atoms with Gasteiger partial charge in [-0.1, -0.05) is 154 Å². The number of phosphoric ester groups is 1. The monoisotopic (exact) mass is 760 g/mol. The molecule has 0 aromatic rings. The highest BCUT2D eigenvalue weighted by molar-refractivity contribution is 7.47. The van der Waals surface area contributed by atoms with Crippen molar-refractivity contribution in [1.82, 2.24) is 0 Å². The molecule has 0 spiro atoms. The predicted octanol–water partition coefficient (Wildman–Crippen LogP) is 11.5. The van der Waals surface area contributed by atoms with Gasteiger partial charge >= 0.3 is 19.8 Å². The molecule has 0 saturated carbocycles. The summed E-state index contributed by atoms with van der Waals surface area (Å²) in [5.41, 5.74) is 5.34. The third kappa shape index (κ3) is 36.6. The van der Waals surface area contributed by atoms with E-state index in [2.05, 4.69) is 26.0 Å². The van der Waals surface area contributed by atoms with Gasteiger partial charge in [0, 0.05) is 6.42 Å². The summed E-state index contributed by atoms with van der Waals surface area (Å²) in [6.07, 6.45) is 40.3. The van der Waals surface area contributed by atoms with Crippen molar-refractivity contribution in [1.29, 1.82) is 0 Å². The van der Waals surface area contributed by atoms with Gasteiger partial charge in [0.25, 0.3) is 0 Å². The summed E-state index contributed by atoms with van der Waals surface area (Å²) >= 11 is 0. The summed E-state index contributed by atoms with van der Waals surface area (Å²) in [5, 5.41) is 8.87. The smallest absolute Gasteiger partial charge is 0.472 e. The van der Waals surface area contributed by atoms with Gasteiger partial charge in [0.05, 0.1) is 19.5 Å². The number of carboxylic acids is 1. The number of carboxylic acid groups (broad SMARTS) is 1. The molecular formula is C41H78NO9P. The maximum absolute atomic E-state index is 12.6. The molecule has 0 bridgehead atoms. The summed E-state index contributed by atoms with van der Waals surface area (Å²) in [5.74, 6) is -1.81. The van der Waals surface area contributed by atoms with Gasteiger partial charge in [-0.2, -0.15) is 0 Å². The van der Waals surface area contributed by atoms with Crippen LogP contribution in [0.25, 0.3) is 0 Å². The molecule has 1 unspecified atom stereocenters. The third-order valence-electron chi connectivity index (χ3n) is 9.05. The molecule has 4 N–H and O–H groups in total. The normalized spacial score (nSPS) is 14.2. The molecule has 0 rings (SSSR count). The molecule has 306 valence electrons. The first-order chi connectivity index (χ1) is 25.2. The van der Waals surface area contributed by atoms with Crippen LogP contribution in [0.3, 0.4) is 0 Å². The Morgan fingerprint density at radius 3 is 1.46 bits per heavy atom. The van der Waals surface area contributed by atoms with Crippen molar-refractivity contribution in [3.63, 3.8) is 0 Å². The molecule has 0 aromatic heterocycles. The zero-order valence-electron chi connectivity index (χ0n) is 33.2. The summed E-state index contributed by atoms with van der Waals surface area (Å²) in [7, 11) is -4.63. The first-order valence-corrected chi connectivity index (χ1v) is 22.4. The number of carbonyl (C=O) groups excluding carboxylic acids is 1. The zero-order chi connectivity index (χ0) is 38.4. The lowest BCUT2D eigenvalue weighted by Crippen LogP contribution is -2.34. The van der Waals surface area contributed by atoms with Crippen molar-refractivity contribution >= 4 is 19.8 Å². The van der Waals surface area contributed by atoms with Crippen molar-refractivity contribution in [2.45, 2.75) is 206 Å². The van der Waals surface area contributed by atoms with Crippen LogP contribution in [0.5, 0.6) is 0 Å². The minimum Gasteiger partial charge on any atom is -0.498 e. The van der Waals surface area contributed by atoms with Gasteiger partial charge in [0.2, 0.25) is 0 Å². The van der Waals surface area contributed by atoms with Crippen LogP contribution in [0.1, 0.15) is 194 Å². The van der Waals surface area contributed by atoms with Gasteiger partial charge in [-0.05, 0) is 51.0 Å². The number of hydrogen-bond acceptors (Lipinski definition) is 8. The molecule has 0 amide bonds. The summed E-state index contributed by atoms with van der Waals surface area (Å²) in [6.45, 7) is 3.27. The van der Waals surface area contributed by atoms with Crippen LogP contribution in [-0.4, -0.2) is 53.9 Å². The maximum Gasteiger partial charge on any atom is 0.472 e. The van der Waals surface area contributed by atoms with Crippen molar-refractivity contribution in [3.8, 4) is 0 Å². The molecule has 0 aromatic carbocycles. The molecule has 0 aliphatic carbocycles. The van der Waals surface area contributed by atoms with E-state index in [4.69, 9.17) is 29.4 Å². The number of ether oxygens (including phenoxy) is 2. The Bertz CT molecular complexity index is 930. The molecule has 0 aliphatic rings. The highest BCUT2D eigenvalue weighted by atomic mass is 31.2. The Balaban J connectivity index is 4.32. The topological polar surface area (TPSA) is 155 Å². The zero-order valence-corrected chi connectivity index (χ0v) is 34.1. The molecule has 0 saturated heterocycles. The van der Waals surface area contributed by atoms with Crippen LogP contribution in [0, 0.1) is 0 Å². The lowest BCUT2D eigenvalue weighted by molar-refractivity contribution is -0.153. The second-order valence-electron chi connectivity index (χ2n) is 14.2. The second kappa shape index (κ2) is 37.6. The number of esters is 1. The molecule has 0 radical (unpaired) electrons. The molecule has 10 nitrogen and oxygen atoms in total. The van der Waals surface area contributed by atoms with E-state index in [1.54, 1.807) is 6.26 Å². The van der Waals surface area contributed by atoms with Gasteiger partial charge in [-0.15, -0.1) is 0 Å². The standard InChI is InChI=1S/C41H78NO9P/c1-3-5-7-9-11-13-15-17-19-20-21-23-25-27-29-31-33-40(43)51-38(36-49-52(46,47)50-37-39(42)41(44)45)35-48-34-32-30-28-26-24-22-18-16-14-12-10-8-6-4-2/h19-20,32,34,38-39H,3-18,21-31,33,35-37,42H2,1-2H3,(H,44,45)(H,46,47)/b20-19-,34-32-/t38-,39+/m1/s1. The number of carbonyl (C=O) groups is 2. The highest BCUT2D eigenvalue weighted by Gasteiger charge is 2.27. The van der Waals surface area contributed by atoms with Crippen molar-refractivity contribution in [2.24, 2.45) is 5.73 Å². The average Bonchev–Trinajstić information content (AvgIpc) is 3.12. The van der Waals surface area contributed by atoms with E-state index in [-0.39, 0.29) is 13.0 Å². The Kier molecular flexibility index (Phi) is 36.4. The molecule has 52 heavy (non-hydrogen) atoms. The first kappa shape index (κ1) is 50.3. The lowest BCUT2D eigenvalue weighted by Gasteiger charge is -2.20. The van der Waals surface area contributed by atoms with Crippen molar-refractivity contribution in [2.75, 3.05) is 19.8 Å². The van der Waals surface area contributed by atoms with E-state index in [9.17, 15) is 19.0 Å². The minimum absolute atomic E-state index is 0.0677. The minimum atomic E-state index is -4.63. The summed E-state index contributed by atoms with van der Waals surface area (Å²) in [4.78, 5) is 33.4. The quantitative estimate of drug-likeness (QED) is 0.0181. The van der Waals surface area contributed by atoms with Crippen LogP contribution in [0.15, 0.2) is 24.5 Å². The van der Waals surface area contributed by atoms with Gasteiger partial charge in [0.1, 0.15) is 12.6 Å². The van der Waals surface area contributed by atoms with E-state index >= 15 is 0 Å². The molecular weight excluding hydrogens is 681 g/mol. The van der Waals surface area contributed by atoms with Gasteiger partial charge in [-0.3, -0.25) is 18.6 Å². The van der Waals surface area contributed by atoms with Gasteiger partial charge in [-0.25, -0.2) is 4.57 Å². The van der Waals surface area contributed by atoms with E-state index in [0.717, 1.165) is 44.9 Å². The Labute approximate surface area is 317 Å². The number of rotatable bonds is 40. The average molecular weight is 760 g/mol. The van der Waals surface area contributed by atoms with Crippen molar-refractivity contribution < 1.29 is 42.7 Å². The number of allylic oxidation sites excluding steroid dienone is 3. The van der Waals surface area contributed by atoms with Crippen LogP contribution in [-0.2, 0) is 32.7 Å². The lowest BCUT2D eigenvalue weighted by atomic mass is 10.0. The maximum atomic E-state index is 12.6. The number of unbranched alkanes of at least 4 members (excludes halogenated alkanes) is 24. The van der Waals surface area contributed by atoms with Crippen LogP contribution < -0.4 is 5.73 Å². The molecule has 0 aliphatic heterocycles. The van der Waals surface area contributed by atoms with Crippen LogP contribution in [0.2, 0.25) is 0 Å². The van der Waals surface area contributed by atoms with E-state index in [1.807, 2.05) is 6.08 Å². The summed E-state index contributed by atoms with van der Waals surface area (Å²) in [6, 6.07) is -1.48. The Morgan fingerprint density at radius 2 is 1.00 bits per heavy atom. The molecule has 3 atom stereocenters. The number of aliphatic carboxylic acids is 1. The largest absolute Gasteiger partial charge is 0.498 e.